The van der Waals surface area contributed by atoms with Crippen molar-refractivity contribution in [2.75, 3.05) is 7.05 Å². The van der Waals surface area contributed by atoms with E-state index >= 15 is 0 Å². The maximum Gasteiger partial charge on any atom is 0.289 e. The zero-order chi connectivity index (χ0) is 10.3. The van der Waals surface area contributed by atoms with Gasteiger partial charge in [-0.05, 0) is 6.08 Å². The molecular formula is C7H8N4O2S. The molecule has 2 aliphatic rings. The summed E-state index contributed by atoms with van der Waals surface area (Å²) in [6.07, 6.45) is 4.72. The van der Waals surface area contributed by atoms with Crippen molar-refractivity contribution >= 4 is 21.7 Å². The Kier molecular flexibility index (Phi) is 1.71. The minimum atomic E-state index is -3.67. The summed E-state index contributed by atoms with van der Waals surface area (Å²) in [5.41, 5.74) is 5.59. The summed E-state index contributed by atoms with van der Waals surface area (Å²) in [5, 5.41) is 0. The average Bonchev–Trinajstić information content (AvgIpc) is 2.05. The van der Waals surface area contributed by atoms with E-state index in [2.05, 4.69) is 9.39 Å². The minimum absolute atomic E-state index is 0.0803. The van der Waals surface area contributed by atoms with Crippen LogP contribution < -0.4 is 5.73 Å². The topological polar surface area (TPSA) is 88.1 Å². The van der Waals surface area contributed by atoms with Crippen LogP contribution in [0.1, 0.15) is 0 Å². The summed E-state index contributed by atoms with van der Waals surface area (Å²) in [7, 11) is -1.95. The number of fused-ring (bicyclic) bond motifs is 1. The van der Waals surface area contributed by atoms with Crippen LogP contribution in [0.15, 0.2) is 32.8 Å². The van der Waals surface area contributed by atoms with Crippen molar-refractivity contribution < 1.29 is 8.42 Å². The van der Waals surface area contributed by atoms with Crippen LogP contribution in [0.25, 0.3) is 0 Å². The van der Waals surface area contributed by atoms with Gasteiger partial charge in [-0.25, -0.2) is 4.99 Å². The molecule has 0 radical (unpaired) electrons. The number of nitrogens with zero attached hydrogens (tertiary/aromatic N) is 3. The molecule has 0 aromatic carbocycles. The Morgan fingerprint density at radius 1 is 1.50 bits per heavy atom. The van der Waals surface area contributed by atoms with Crippen LogP contribution in [-0.4, -0.2) is 32.0 Å². The molecule has 0 saturated heterocycles. The number of sulfonamides is 1. The first-order valence-corrected chi connectivity index (χ1v) is 5.24. The molecule has 0 aromatic rings. The van der Waals surface area contributed by atoms with E-state index in [9.17, 15) is 8.42 Å². The maximum atomic E-state index is 11.5. The SMILES string of the molecule is CN1C=CC2=NC(N)=NS(=O)(=O)C2=C1. The highest BCUT2D eigenvalue weighted by atomic mass is 32.2. The number of hydrogen-bond acceptors (Lipinski definition) is 5. The lowest BCUT2D eigenvalue weighted by Gasteiger charge is -2.18. The molecule has 2 rings (SSSR count). The van der Waals surface area contributed by atoms with Crippen LogP contribution >= 0.6 is 0 Å². The van der Waals surface area contributed by atoms with Gasteiger partial charge in [0.15, 0.2) is 0 Å². The lowest BCUT2D eigenvalue weighted by Crippen LogP contribution is -2.26. The molecule has 2 heterocycles. The van der Waals surface area contributed by atoms with Gasteiger partial charge in [-0.1, -0.05) is 0 Å². The Morgan fingerprint density at radius 2 is 2.21 bits per heavy atom. The molecule has 0 spiro atoms. The second-order valence-electron chi connectivity index (χ2n) is 2.90. The van der Waals surface area contributed by atoms with E-state index in [0.717, 1.165) is 0 Å². The molecule has 2 N–H and O–H groups in total. The highest BCUT2D eigenvalue weighted by Crippen LogP contribution is 2.20. The van der Waals surface area contributed by atoms with Crippen molar-refractivity contribution in [3.8, 4) is 0 Å². The highest BCUT2D eigenvalue weighted by Gasteiger charge is 2.27. The number of aliphatic imine (C=N–C) groups is 1. The third-order valence-corrected chi connectivity index (χ3v) is 3.07. The van der Waals surface area contributed by atoms with Gasteiger partial charge in [0.2, 0.25) is 5.96 Å². The van der Waals surface area contributed by atoms with Crippen LogP contribution in [0.5, 0.6) is 0 Å². The Labute approximate surface area is 81.2 Å². The van der Waals surface area contributed by atoms with E-state index in [0.29, 0.717) is 5.71 Å². The molecular weight excluding hydrogens is 204 g/mol. The largest absolute Gasteiger partial charge is 0.367 e. The Hall–Kier alpha value is -1.63. The first-order valence-electron chi connectivity index (χ1n) is 3.80. The third kappa shape index (κ3) is 1.31. The van der Waals surface area contributed by atoms with Crippen LogP contribution in [0.4, 0.5) is 0 Å². The van der Waals surface area contributed by atoms with Crippen molar-refractivity contribution in [3.63, 3.8) is 0 Å². The normalized spacial score (nSPS) is 23.5. The van der Waals surface area contributed by atoms with Gasteiger partial charge in [0.05, 0.1) is 5.71 Å². The predicted molar refractivity (Wildman–Crippen MR) is 53.0 cm³/mol. The van der Waals surface area contributed by atoms with Gasteiger partial charge >= 0.3 is 0 Å². The van der Waals surface area contributed by atoms with E-state index < -0.39 is 10.0 Å². The van der Waals surface area contributed by atoms with Crippen LogP contribution in [0, 0.1) is 0 Å². The van der Waals surface area contributed by atoms with E-state index in [-0.39, 0.29) is 10.9 Å². The van der Waals surface area contributed by atoms with Gasteiger partial charge in [0.1, 0.15) is 4.91 Å². The first-order chi connectivity index (χ1) is 6.49. The molecule has 0 aliphatic carbocycles. The molecule has 6 nitrogen and oxygen atoms in total. The van der Waals surface area contributed by atoms with Gasteiger partial charge in [0, 0.05) is 19.4 Å². The fraction of sp³-hybridized carbons (Fsp3) is 0.143. The zero-order valence-electron chi connectivity index (χ0n) is 7.38. The van der Waals surface area contributed by atoms with Gasteiger partial charge in [-0.15, -0.1) is 4.40 Å². The van der Waals surface area contributed by atoms with Crippen LogP contribution in [0.3, 0.4) is 0 Å². The molecule has 0 atom stereocenters. The van der Waals surface area contributed by atoms with Gasteiger partial charge in [0.25, 0.3) is 10.0 Å². The number of guanidine groups is 1. The van der Waals surface area contributed by atoms with Crippen LogP contribution in [0.2, 0.25) is 0 Å². The summed E-state index contributed by atoms with van der Waals surface area (Å²) in [5.74, 6) is -0.230. The monoisotopic (exact) mass is 212 g/mol. The molecule has 0 unspecified atom stereocenters. The van der Waals surface area contributed by atoms with Gasteiger partial charge in [-0.3, -0.25) is 0 Å². The van der Waals surface area contributed by atoms with Crippen LogP contribution in [-0.2, 0) is 10.0 Å². The van der Waals surface area contributed by atoms with Gasteiger partial charge in [-0.2, -0.15) is 8.42 Å². The summed E-state index contributed by atoms with van der Waals surface area (Å²) < 4.78 is 26.3. The van der Waals surface area contributed by atoms with Crippen molar-refractivity contribution in [1.82, 2.24) is 4.90 Å². The lowest BCUT2D eigenvalue weighted by atomic mass is 10.3. The molecule has 14 heavy (non-hydrogen) atoms. The fourth-order valence-electron chi connectivity index (χ4n) is 1.17. The molecule has 0 fully saturated rings. The number of nitrogens with two attached hydrogens (primary N) is 1. The van der Waals surface area contributed by atoms with Crippen molar-refractivity contribution in [1.29, 1.82) is 0 Å². The zero-order valence-corrected chi connectivity index (χ0v) is 8.19. The molecule has 2 aliphatic heterocycles. The Morgan fingerprint density at radius 3 is 2.93 bits per heavy atom. The Balaban J connectivity index is 2.63. The standard InChI is InChI=1S/C7H8N4O2S/c1-11-3-2-5-6(4-11)14(12,13)10-7(8)9-5/h2-4H,1H3,(H2,8,10). The number of hydrogen-bond donors (Lipinski definition) is 1. The molecule has 0 bridgehead atoms. The lowest BCUT2D eigenvalue weighted by molar-refractivity contribution is 0.596. The van der Waals surface area contributed by atoms with Crippen molar-refractivity contribution in [3.05, 3.63) is 23.4 Å². The van der Waals surface area contributed by atoms with E-state index in [4.69, 9.17) is 5.73 Å². The molecule has 0 saturated carbocycles. The summed E-state index contributed by atoms with van der Waals surface area (Å²) in [6.45, 7) is 0. The van der Waals surface area contributed by atoms with E-state index in [1.807, 2.05) is 0 Å². The summed E-state index contributed by atoms with van der Waals surface area (Å²) in [6, 6.07) is 0. The van der Waals surface area contributed by atoms with Crippen molar-refractivity contribution in [2.45, 2.75) is 0 Å². The fourth-order valence-corrected chi connectivity index (χ4v) is 2.23. The van der Waals surface area contributed by atoms with Crippen molar-refractivity contribution in [2.24, 2.45) is 15.1 Å². The molecule has 0 aromatic heterocycles. The maximum absolute atomic E-state index is 11.5. The van der Waals surface area contributed by atoms with E-state index in [1.54, 1.807) is 24.2 Å². The Bertz CT molecular complexity index is 498. The first kappa shape index (κ1) is 8.95. The summed E-state index contributed by atoms with van der Waals surface area (Å²) >= 11 is 0. The number of allylic oxidation sites excluding steroid dienone is 2. The number of rotatable bonds is 0. The quantitative estimate of drug-likeness (QED) is 0.580. The smallest absolute Gasteiger partial charge is 0.289 e. The predicted octanol–water partition coefficient (Wildman–Crippen LogP) is -0.614. The minimum Gasteiger partial charge on any atom is -0.367 e. The molecule has 7 heteroatoms. The highest BCUT2D eigenvalue weighted by molar-refractivity contribution is 7.95. The molecule has 0 amide bonds. The second-order valence-corrected chi connectivity index (χ2v) is 4.47. The van der Waals surface area contributed by atoms with E-state index in [1.165, 1.54) is 6.20 Å². The third-order valence-electron chi connectivity index (χ3n) is 1.77. The van der Waals surface area contributed by atoms with Gasteiger partial charge < -0.3 is 10.6 Å². The summed E-state index contributed by atoms with van der Waals surface area (Å²) in [4.78, 5) is 5.51. The molecule has 74 valence electrons. The second kappa shape index (κ2) is 2.68. The average molecular weight is 212 g/mol.